The van der Waals surface area contributed by atoms with Crippen molar-refractivity contribution in [1.82, 2.24) is 9.88 Å². The van der Waals surface area contributed by atoms with Crippen LogP contribution in [0.4, 0.5) is 5.00 Å². The third-order valence-corrected chi connectivity index (χ3v) is 8.61. The number of nitrogens with zero attached hydrogens (tertiary/aromatic N) is 2. The molecule has 5 nitrogen and oxygen atoms in total. The Morgan fingerprint density at radius 3 is 2.60 bits per heavy atom. The number of likely N-dealkylation sites (tertiary alicyclic amines) is 1. The second-order valence-corrected chi connectivity index (χ2v) is 10.5. The molecule has 2 aliphatic rings. The van der Waals surface area contributed by atoms with Crippen LogP contribution in [-0.2, 0) is 4.79 Å². The molecule has 2 aromatic heterocycles. The Kier molecular flexibility index (Phi) is 5.36. The predicted molar refractivity (Wildman–Crippen MR) is 126 cm³/mol. The highest BCUT2D eigenvalue weighted by atomic mass is 32.2. The number of ketones is 1. The number of carbonyl (C=O) groups is 2. The van der Waals surface area contributed by atoms with Gasteiger partial charge in [-0.05, 0) is 38.3 Å². The van der Waals surface area contributed by atoms with Gasteiger partial charge in [0, 0.05) is 45.8 Å². The van der Waals surface area contributed by atoms with Gasteiger partial charge in [-0.15, -0.1) is 11.8 Å². The number of aromatic nitrogens is 1. The van der Waals surface area contributed by atoms with E-state index in [1.807, 2.05) is 24.8 Å². The zero-order valence-electron chi connectivity index (χ0n) is 17.3. The number of Topliss-reactive ketones (excluding diaryl/α,β-unsaturated/α-hetero) is 1. The minimum Gasteiger partial charge on any atom is -0.390 e. The first kappa shape index (κ1) is 20.9. The molecule has 2 aromatic rings. The summed E-state index contributed by atoms with van der Waals surface area (Å²) in [5.74, 6) is 0.0699. The molecule has 156 valence electrons. The number of piperidine rings is 1. The number of allylic oxidation sites excluding steroid dienone is 3. The summed E-state index contributed by atoms with van der Waals surface area (Å²) in [4.78, 5) is 34.1. The van der Waals surface area contributed by atoms with E-state index in [0.717, 1.165) is 39.2 Å². The van der Waals surface area contributed by atoms with Gasteiger partial charge in [-0.3, -0.25) is 9.59 Å². The van der Waals surface area contributed by atoms with Gasteiger partial charge in [-0.2, -0.15) is 0 Å². The van der Waals surface area contributed by atoms with Crippen LogP contribution in [0.25, 0.3) is 10.2 Å². The van der Waals surface area contributed by atoms with Gasteiger partial charge < -0.3 is 10.6 Å². The van der Waals surface area contributed by atoms with Gasteiger partial charge in [0.15, 0.2) is 5.78 Å². The molecular formula is C23H25N3O2S2. The zero-order chi connectivity index (χ0) is 21.6. The lowest BCUT2D eigenvalue weighted by Gasteiger charge is -2.43. The SMILES string of the molecule is C=CC1=C(C=C)C(=O)CC2(CCN(C(=O)c3c(N)sc4nc(C)c(C)cc34)CC2)S1. The van der Waals surface area contributed by atoms with Crippen molar-refractivity contribution in [3.63, 3.8) is 0 Å². The highest BCUT2D eigenvalue weighted by molar-refractivity contribution is 8.04. The summed E-state index contributed by atoms with van der Waals surface area (Å²) in [5.41, 5.74) is 9.46. The molecule has 0 aromatic carbocycles. The van der Waals surface area contributed by atoms with E-state index in [9.17, 15) is 9.59 Å². The number of hydrogen-bond donors (Lipinski definition) is 1. The number of carbonyl (C=O) groups excluding carboxylic acids is 2. The summed E-state index contributed by atoms with van der Waals surface area (Å²) in [7, 11) is 0. The smallest absolute Gasteiger partial charge is 0.257 e. The van der Waals surface area contributed by atoms with E-state index in [-0.39, 0.29) is 16.4 Å². The Balaban J connectivity index is 1.57. The average Bonchev–Trinajstić information content (AvgIpc) is 3.02. The number of pyridine rings is 1. The van der Waals surface area contributed by atoms with E-state index in [1.54, 1.807) is 23.9 Å². The minimum atomic E-state index is -0.179. The summed E-state index contributed by atoms with van der Waals surface area (Å²) in [6.07, 6.45) is 5.36. The Morgan fingerprint density at radius 2 is 1.97 bits per heavy atom. The van der Waals surface area contributed by atoms with E-state index in [1.165, 1.54) is 11.3 Å². The maximum absolute atomic E-state index is 13.4. The summed E-state index contributed by atoms with van der Waals surface area (Å²) >= 11 is 3.08. The van der Waals surface area contributed by atoms with Crippen molar-refractivity contribution >= 4 is 50.0 Å². The van der Waals surface area contributed by atoms with Crippen molar-refractivity contribution in [2.45, 2.75) is 37.9 Å². The van der Waals surface area contributed by atoms with Crippen molar-refractivity contribution in [2.75, 3.05) is 18.8 Å². The molecule has 0 aliphatic carbocycles. The topological polar surface area (TPSA) is 76.3 Å². The summed E-state index contributed by atoms with van der Waals surface area (Å²) in [5, 5.41) is 1.35. The molecule has 7 heteroatoms. The first-order valence-electron chi connectivity index (χ1n) is 9.95. The van der Waals surface area contributed by atoms with E-state index in [2.05, 4.69) is 18.1 Å². The number of fused-ring (bicyclic) bond motifs is 1. The summed E-state index contributed by atoms with van der Waals surface area (Å²) in [6.45, 7) is 12.8. The second-order valence-electron chi connectivity index (χ2n) is 7.95. The number of thioether (sulfide) groups is 1. The molecule has 1 saturated heterocycles. The van der Waals surface area contributed by atoms with E-state index in [0.29, 0.717) is 35.6 Å². The molecule has 0 unspecified atom stereocenters. The van der Waals surface area contributed by atoms with Crippen molar-refractivity contribution < 1.29 is 9.59 Å². The van der Waals surface area contributed by atoms with Gasteiger partial charge in [0.25, 0.3) is 5.91 Å². The van der Waals surface area contributed by atoms with Crippen LogP contribution in [-0.4, -0.2) is 39.4 Å². The highest BCUT2D eigenvalue weighted by Gasteiger charge is 2.43. The van der Waals surface area contributed by atoms with E-state index >= 15 is 0 Å². The maximum atomic E-state index is 13.4. The Hall–Kier alpha value is -2.38. The summed E-state index contributed by atoms with van der Waals surface area (Å²) < 4.78 is -0.179. The van der Waals surface area contributed by atoms with Gasteiger partial charge in [0.2, 0.25) is 0 Å². The Labute approximate surface area is 184 Å². The zero-order valence-corrected chi connectivity index (χ0v) is 18.9. The second kappa shape index (κ2) is 7.71. The van der Waals surface area contributed by atoms with Crippen molar-refractivity contribution in [3.05, 3.63) is 58.7 Å². The fourth-order valence-corrected chi connectivity index (χ4v) is 6.63. The van der Waals surface area contributed by atoms with Crippen molar-refractivity contribution in [1.29, 1.82) is 0 Å². The number of nitrogen functional groups attached to an aromatic ring is 1. The van der Waals surface area contributed by atoms with E-state index < -0.39 is 0 Å². The predicted octanol–water partition coefficient (Wildman–Crippen LogP) is 4.80. The van der Waals surface area contributed by atoms with Crippen LogP contribution in [0.2, 0.25) is 0 Å². The molecular weight excluding hydrogens is 414 g/mol. The fraction of sp³-hybridized carbons (Fsp3) is 0.348. The number of hydrogen-bond acceptors (Lipinski definition) is 6. The maximum Gasteiger partial charge on any atom is 0.257 e. The van der Waals surface area contributed by atoms with Crippen LogP contribution in [0.3, 0.4) is 0 Å². The first-order chi connectivity index (χ1) is 14.3. The number of thiophene rings is 1. The van der Waals surface area contributed by atoms with Crippen molar-refractivity contribution in [2.24, 2.45) is 0 Å². The lowest BCUT2D eigenvalue weighted by Crippen LogP contribution is -2.47. The molecule has 30 heavy (non-hydrogen) atoms. The number of aryl methyl sites for hydroxylation is 2. The lowest BCUT2D eigenvalue weighted by atomic mass is 9.87. The number of rotatable bonds is 3. The van der Waals surface area contributed by atoms with Crippen LogP contribution < -0.4 is 5.73 Å². The molecule has 0 atom stereocenters. The molecule has 1 spiro atoms. The monoisotopic (exact) mass is 439 g/mol. The fourth-order valence-electron chi connectivity index (χ4n) is 4.22. The van der Waals surface area contributed by atoms with Crippen molar-refractivity contribution in [3.8, 4) is 0 Å². The minimum absolute atomic E-state index is 0.0444. The van der Waals surface area contributed by atoms with E-state index in [4.69, 9.17) is 5.73 Å². The van der Waals surface area contributed by atoms with Crippen LogP contribution in [0.15, 0.2) is 41.9 Å². The third-order valence-electron chi connectivity index (χ3n) is 6.09. The van der Waals surface area contributed by atoms with Crippen LogP contribution in [0.5, 0.6) is 0 Å². The van der Waals surface area contributed by atoms with Gasteiger partial charge in [-0.25, -0.2) is 4.98 Å². The molecule has 1 amide bonds. The van der Waals surface area contributed by atoms with Crippen LogP contribution in [0, 0.1) is 13.8 Å². The molecule has 0 saturated carbocycles. The standard InChI is InChI=1S/C23H25N3O2S2/c1-5-15-17(27)12-23(30-18(15)6-2)7-9-26(10-8-23)22(28)19-16-11-13(3)14(4)25-21(16)29-20(19)24/h5-6,11H,1-2,7-10,12,24H2,3-4H3. The van der Waals surface area contributed by atoms with Crippen LogP contribution in [0.1, 0.15) is 40.9 Å². The lowest BCUT2D eigenvalue weighted by molar-refractivity contribution is -0.116. The van der Waals surface area contributed by atoms with Gasteiger partial charge in [-0.1, -0.05) is 36.6 Å². The normalized spacial score (nSPS) is 18.9. The van der Waals surface area contributed by atoms with Gasteiger partial charge >= 0.3 is 0 Å². The molecule has 2 N–H and O–H groups in total. The number of amides is 1. The quantitative estimate of drug-likeness (QED) is 0.743. The largest absolute Gasteiger partial charge is 0.390 e. The molecule has 2 aliphatic heterocycles. The first-order valence-corrected chi connectivity index (χ1v) is 11.6. The molecule has 1 fully saturated rings. The number of anilines is 1. The highest BCUT2D eigenvalue weighted by Crippen LogP contribution is 2.49. The molecule has 4 rings (SSSR count). The molecule has 0 radical (unpaired) electrons. The van der Waals surface area contributed by atoms with Crippen LogP contribution >= 0.6 is 23.1 Å². The number of nitrogens with two attached hydrogens (primary N) is 1. The van der Waals surface area contributed by atoms with Gasteiger partial charge in [0.1, 0.15) is 9.83 Å². The molecule has 4 heterocycles. The Morgan fingerprint density at radius 1 is 1.27 bits per heavy atom. The third kappa shape index (κ3) is 3.40. The summed E-state index contributed by atoms with van der Waals surface area (Å²) in [6, 6.07) is 2.01. The molecule has 0 bridgehead atoms. The average molecular weight is 440 g/mol. The van der Waals surface area contributed by atoms with Gasteiger partial charge in [0.05, 0.1) is 5.56 Å². The Bertz CT molecular complexity index is 1120.